The molecule has 0 aliphatic heterocycles. The zero-order valence-corrected chi connectivity index (χ0v) is 14.4. The van der Waals surface area contributed by atoms with Crippen LogP contribution >= 0.6 is 23.2 Å². The number of benzene rings is 1. The molecule has 0 aliphatic rings. The van der Waals surface area contributed by atoms with Crippen molar-refractivity contribution in [2.45, 2.75) is 13.0 Å². The number of hydrogen-bond acceptors (Lipinski definition) is 4. The van der Waals surface area contributed by atoms with Crippen LogP contribution in [0.3, 0.4) is 0 Å². The predicted octanol–water partition coefficient (Wildman–Crippen LogP) is 3.90. The standard InChI is InChI=1S/C16H16Cl2N2O3/c1-9(12-7-11(22-2)4-5-14(12)23-3)20-16(21)10-6-13(17)15(18)19-8-10/h4-9H,1-3H3,(H,20,21). The molecule has 2 aromatic rings. The summed E-state index contributed by atoms with van der Waals surface area (Å²) >= 11 is 11.6. The van der Waals surface area contributed by atoms with Gasteiger partial charge in [-0.3, -0.25) is 4.79 Å². The molecule has 0 saturated carbocycles. The van der Waals surface area contributed by atoms with Gasteiger partial charge in [0.05, 0.1) is 30.8 Å². The maximum atomic E-state index is 12.3. The van der Waals surface area contributed by atoms with E-state index in [-0.39, 0.29) is 22.1 Å². The van der Waals surface area contributed by atoms with E-state index in [2.05, 4.69) is 10.3 Å². The van der Waals surface area contributed by atoms with Crippen molar-refractivity contribution in [3.63, 3.8) is 0 Å². The van der Waals surface area contributed by atoms with Crippen LogP contribution in [0, 0.1) is 0 Å². The number of amides is 1. The molecule has 1 N–H and O–H groups in total. The lowest BCUT2D eigenvalue weighted by Gasteiger charge is -2.18. The minimum absolute atomic E-state index is 0.158. The van der Waals surface area contributed by atoms with Crippen LogP contribution in [-0.4, -0.2) is 25.1 Å². The molecule has 7 heteroatoms. The topological polar surface area (TPSA) is 60.5 Å². The van der Waals surface area contributed by atoms with Crippen LogP contribution in [0.4, 0.5) is 0 Å². The summed E-state index contributed by atoms with van der Waals surface area (Å²) in [6.45, 7) is 1.85. The molecule has 1 heterocycles. The Hall–Kier alpha value is -1.98. The summed E-state index contributed by atoms with van der Waals surface area (Å²) in [5.41, 5.74) is 1.13. The van der Waals surface area contributed by atoms with Gasteiger partial charge in [-0.2, -0.15) is 0 Å². The van der Waals surface area contributed by atoms with Gasteiger partial charge in [-0.15, -0.1) is 0 Å². The van der Waals surface area contributed by atoms with Crippen molar-refractivity contribution in [2.24, 2.45) is 0 Å². The van der Waals surface area contributed by atoms with Crippen LogP contribution in [0.5, 0.6) is 11.5 Å². The Morgan fingerprint density at radius 2 is 1.96 bits per heavy atom. The van der Waals surface area contributed by atoms with Gasteiger partial charge in [-0.05, 0) is 31.2 Å². The highest BCUT2D eigenvalue weighted by Crippen LogP contribution is 2.29. The number of nitrogens with one attached hydrogen (secondary N) is 1. The maximum Gasteiger partial charge on any atom is 0.253 e. The summed E-state index contributed by atoms with van der Waals surface area (Å²) in [4.78, 5) is 16.2. The Bertz CT molecular complexity index is 722. The van der Waals surface area contributed by atoms with Crippen LogP contribution in [0.25, 0.3) is 0 Å². The zero-order valence-electron chi connectivity index (χ0n) is 12.9. The van der Waals surface area contributed by atoms with E-state index in [4.69, 9.17) is 32.7 Å². The van der Waals surface area contributed by atoms with E-state index in [9.17, 15) is 4.79 Å². The second kappa shape index (κ2) is 7.53. The second-order valence-electron chi connectivity index (χ2n) is 4.80. The third-order valence-corrected chi connectivity index (χ3v) is 4.00. The molecule has 1 aromatic carbocycles. The molecule has 2 rings (SSSR count). The van der Waals surface area contributed by atoms with Crippen molar-refractivity contribution in [1.29, 1.82) is 0 Å². The van der Waals surface area contributed by atoms with Crippen molar-refractivity contribution >= 4 is 29.1 Å². The lowest BCUT2D eigenvalue weighted by atomic mass is 10.1. The van der Waals surface area contributed by atoms with E-state index in [1.165, 1.54) is 12.3 Å². The van der Waals surface area contributed by atoms with E-state index in [1.54, 1.807) is 26.4 Å². The monoisotopic (exact) mass is 354 g/mol. The first kappa shape index (κ1) is 17.4. The summed E-state index contributed by atoms with van der Waals surface area (Å²) in [7, 11) is 3.15. The van der Waals surface area contributed by atoms with Gasteiger partial charge in [0.25, 0.3) is 5.91 Å². The second-order valence-corrected chi connectivity index (χ2v) is 5.56. The van der Waals surface area contributed by atoms with Gasteiger partial charge in [-0.1, -0.05) is 23.2 Å². The number of nitrogens with zero attached hydrogens (tertiary/aromatic N) is 1. The fourth-order valence-electron chi connectivity index (χ4n) is 2.08. The maximum absolute atomic E-state index is 12.3. The van der Waals surface area contributed by atoms with Gasteiger partial charge in [0, 0.05) is 11.8 Å². The lowest BCUT2D eigenvalue weighted by molar-refractivity contribution is 0.0939. The molecule has 0 radical (unpaired) electrons. The molecule has 23 heavy (non-hydrogen) atoms. The molecule has 1 atom stereocenters. The third kappa shape index (κ3) is 4.06. The first-order chi connectivity index (χ1) is 11.0. The summed E-state index contributed by atoms with van der Waals surface area (Å²) in [6, 6.07) is 6.57. The number of carbonyl (C=O) groups excluding carboxylic acids is 1. The van der Waals surface area contributed by atoms with E-state index >= 15 is 0 Å². The molecule has 0 saturated heterocycles. The Morgan fingerprint density at radius 3 is 2.57 bits per heavy atom. The molecule has 0 spiro atoms. The number of carbonyl (C=O) groups is 1. The van der Waals surface area contributed by atoms with Gasteiger partial charge >= 0.3 is 0 Å². The first-order valence-electron chi connectivity index (χ1n) is 6.80. The zero-order chi connectivity index (χ0) is 17.0. The van der Waals surface area contributed by atoms with Crippen molar-refractivity contribution in [3.8, 4) is 11.5 Å². The van der Waals surface area contributed by atoms with Gasteiger partial charge < -0.3 is 14.8 Å². The van der Waals surface area contributed by atoms with Crippen molar-refractivity contribution in [3.05, 3.63) is 51.8 Å². The minimum atomic E-state index is -0.312. The number of methoxy groups -OCH3 is 2. The van der Waals surface area contributed by atoms with Crippen LogP contribution in [0.1, 0.15) is 28.9 Å². The SMILES string of the molecule is COc1ccc(OC)c(C(C)NC(=O)c2cnc(Cl)c(Cl)c2)c1. The van der Waals surface area contributed by atoms with Gasteiger partial charge in [0.15, 0.2) is 0 Å². The van der Waals surface area contributed by atoms with Crippen LogP contribution in [-0.2, 0) is 0 Å². The van der Waals surface area contributed by atoms with Crippen molar-refractivity contribution < 1.29 is 14.3 Å². The molecular weight excluding hydrogens is 339 g/mol. The fourth-order valence-corrected chi connectivity index (χ4v) is 2.35. The predicted molar refractivity (Wildman–Crippen MR) is 89.7 cm³/mol. The summed E-state index contributed by atoms with van der Waals surface area (Å²) in [6.07, 6.45) is 1.37. The average molecular weight is 355 g/mol. The number of rotatable bonds is 5. The van der Waals surface area contributed by atoms with Crippen molar-refractivity contribution in [1.82, 2.24) is 10.3 Å². The Balaban J connectivity index is 2.22. The number of hydrogen-bond donors (Lipinski definition) is 1. The van der Waals surface area contributed by atoms with Gasteiger partial charge in [0.1, 0.15) is 16.7 Å². The summed E-state index contributed by atoms with van der Waals surface area (Å²) in [5.74, 6) is 1.03. The Kier molecular flexibility index (Phi) is 5.69. The Labute approximate surface area is 144 Å². The molecule has 0 aliphatic carbocycles. The highest BCUT2D eigenvalue weighted by Gasteiger charge is 2.17. The molecule has 122 valence electrons. The Morgan fingerprint density at radius 1 is 1.22 bits per heavy atom. The van der Waals surface area contributed by atoms with E-state index in [0.29, 0.717) is 17.1 Å². The number of ether oxygens (including phenoxy) is 2. The van der Waals surface area contributed by atoms with Crippen molar-refractivity contribution in [2.75, 3.05) is 14.2 Å². The first-order valence-corrected chi connectivity index (χ1v) is 7.55. The molecule has 0 fully saturated rings. The number of pyridine rings is 1. The van der Waals surface area contributed by atoms with Crippen LogP contribution in [0.2, 0.25) is 10.2 Å². The average Bonchev–Trinajstić information content (AvgIpc) is 2.56. The highest BCUT2D eigenvalue weighted by molar-refractivity contribution is 6.41. The normalized spacial score (nSPS) is 11.7. The van der Waals surface area contributed by atoms with Crippen LogP contribution < -0.4 is 14.8 Å². The lowest BCUT2D eigenvalue weighted by Crippen LogP contribution is -2.27. The largest absolute Gasteiger partial charge is 0.497 e. The summed E-state index contributed by atoms with van der Waals surface area (Å²) < 4.78 is 10.5. The smallest absolute Gasteiger partial charge is 0.253 e. The van der Waals surface area contributed by atoms with Gasteiger partial charge in [-0.25, -0.2) is 4.98 Å². The van der Waals surface area contributed by atoms with E-state index < -0.39 is 0 Å². The molecule has 1 aromatic heterocycles. The third-order valence-electron chi connectivity index (χ3n) is 3.31. The molecule has 5 nitrogen and oxygen atoms in total. The molecule has 0 bridgehead atoms. The highest BCUT2D eigenvalue weighted by atomic mass is 35.5. The molecular formula is C16H16Cl2N2O3. The van der Waals surface area contributed by atoms with E-state index in [1.807, 2.05) is 13.0 Å². The number of aromatic nitrogens is 1. The quantitative estimate of drug-likeness (QED) is 0.827. The molecule has 1 unspecified atom stereocenters. The minimum Gasteiger partial charge on any atom is -0.497 e. The fraction of sp³-hybridized carbons (Fsp3) is 0.250. The van der Waals surface area contributed by atoms with E-state index in [0.717, 1.165) is 5.56 Å². The van der Waals surface area contributed by atoms with Gasteiger partial charge in [0.2, 0.25) is 0 Å². The summed E-state index contributed by atoms with van der Waals surface area (Å²) in [5, 5.41) is 3.25. The number of halogens is 2. The van der Waals surface area contributed by atoms with Crippen LogP contribution in [0.15, 0.2) is 30.5 Å². The molecule has 1 amide bonds.